The topological polar surface area (TPSA) is 20.9 Å². The third-order valence-corrected chi connectivity index (χ3v) is 9.11. The van der Waals surface area contributed by atoms with Gasteiger partial charge < -0.3 is 4.42 Å². The minimum absolute atomic E-state index is 0.716. The number of fused-ring (bicyclic) bond motifs is 10. The summed E-state index contributed by atoms with van der Waals surface area (Å²) in [6.45, 7) is 7.76. The molecule has 0 spiro atoms. The first kappa shape index (κ1) is 26.4. The second kappa shape index (κ2) is 10.8. The van der Waals surface area contributed by atoms with Gasteiger partial charge in [-0.3, -0.25) is 0 Å². The van der Waals surface area contributed by atoms with Gasteiger partial charge in [0.05, 0.1) is 17.5 Å². The van der Waals surface area contributed by atoms with Gasteiger partial charge in [0.2, 0.25) is 11.4 Å². The van der Waals surface area contributed by atoms with E-state index in [1.54, 1.807) is 0 Å². The SMILES string of the molecule is C=C1Cc2ccc(-c3ccccc3)cc2-c2cccc[n+]2CCc2ccc3c(oc4ccccc43)c2-c2cc(CC)cc[n+]21. The van der Waals surface area contributed by atoms with E-state index in [1.165, 1.54) is 39.1 Å². The number of aryl methyl sites for hydroxylation is 3. The lowest BCUT2D eigenvalue weighted by atomic mass is 9.93. The standard InChI is InChI=1S/C41H34N2O/c1-3-29-20-24-43-28(2)25-33-17-16-32(30-11-5-4-6-12-30)27-36(33)37-14-9-10-22-42(37)23-21-31-18-19-35-34-13-7-8-15-39(34)44-41(35)40(31)38(43)26-29/h4-20,22,24,26-27H,2-3,21,23,25H2,1H3/q+2. The molecule has 7 aromatic rings. The summed E-state index contributed by atoms with van der Waals surface area (Å²) >= 11 is 0. The first-order chi connectivity index (χ1) is 21.7. The molecular formula is C41H34N2O+2. The summed E-state index contributed by atoms with van der Waals surface area (Å²) in [5.41, 5.74) is 13.9. The van der Waals surface area contributed by atoms with Gasteiger partial charge in [-0.05, 0) is 59.0 Å². The van der Waals surface area contributed by atoms with Gasteiger partial charge >= 0.3 is 0 Å². The van der Waals surface area contributed by atoms with E-state index in [2.05, 4.69) is 138 Å². The number of hydrogen-bond acceptors (Lipinski definition) is 1. The summed E-state index contributed by atoms with van der Waals surface area (Å²) < 4.78 is 11.4. The van der Waals surface area contributed by atoms with Crippen molar-refractivity contribution < 1.29 is 13.6 Å². The van der Waals surface area contributed by atoms with Crippen LogP contribution in [0.2, 0.25) is 0 Å². The van der Waals surface area contributed by atoms with E-state index in [1.807, 2.05) is 6.07 Å². The molecule has 0 saturated carbocycles. The van der Waals surface area contributed by atoms with Crippen LogP contribution in [-0.2, 0) is 25.8 Å². The molecule has 8 rings (SSSR count). The van der Waals surface area contributed by atoms with Crippen LogP contribution in [0.5, 0.6) is 0 Å². The number of aromatic nitrogens is 2. The van der Waals surface area contributed by atoms with Gasteiger partial charge in [-0.15, -0.1) is 0 Å². The predicted molar refractivity (Wildman–Crippen MR) is 179 cm³/mol. The summed E-state index contributed by atoms with van der Waals surface area (Å²) in [6.07, 6.45) is 6.95. The Morgan fingerprint density at radius 3 is 2.41 bits per heavy atom. The zero-order valence-corrected chi connectivity index (χ0v) is 25.0. The molecule has 0 N–H and O–H groups in total. The van der Waals surface area contributed by atoms with E-state index in [9.17, 15) is 0 Å². The van der Waals surface area contributed by atoms with Gasteiger partial charge in [-0.1, -0.05) is 79.7 Å². The van der Waals surface area contributed by atoms with Crippen LogP contribution >= 0.6 is 0 Å². The Hall–Kier alpha value is -5.28. The van der Waals surface area contributed by atoms with E-state index in [-0.39, 0.29) is 0 Å². The van der Waals surface area contributed by atoms with Crippen LogP contribution in [0.4, 0.5) is 0 Å². The normalized spacial score (nSPS) is 13.0. The molecule has 0 saturated heterocycles. The van der Waals surface area contributed by atoms with Crippen molar-refractivity contribution >= 4 is 27.6 Å². The van der Waals surface area contributed by atoms with Gasteiger partial charge in [0.1, 0.15) is 11.2 Å². The Morgan fingerprint density at radius 1 is 0.705 bits per heavy atom. The van der Waals surface area contributed by atoms with E-state index in [0.29, 0.717) is 6.42 Å². The first-order valence-corrected chi connectivity index (χ1v) is 15.5. The van der Waals surface area contributed by atoms with E-state index in [0.717, 1.165) is 58.3 Å². The highest BCUT2D eigenvalue weighted by atomic mass is 16.3. The number of allylic oxidation sites excluding steroid dienone is 1. The van der Waals surface area contributed by atoms with Crippen LogP contribution in [0.3, 0.4) is 0 Å². The average Bonchev–Trinajstić information content (AvgIpc) is 3.46. The maximum Gasteiger partial charge on any atom is 0.222 e. The van der Waals surface area contributed by atoms with Crippen LogP contribution in [0.1, 0.15) is 23.6 Å². The second-order valence-electron chi connectivity index (χ2n) is 11.7. The minimum Gasteiger partial charge on any atom is -0.455 e. The molecule has 1 aliphatic rings. The maximum atomic E-state index is 6.67. The van der Waals surface area contributed by atoms with E-state index >= 15 is 0 Å². The third kappa shape index (κ3) is 4.44. The number of benzene rings is 4. The van der Waals surface area contributed by atoms with Gasteiger partial charge in [0.25, 0.3) is 0 Å². The first-order valence-electron chi connectivity index (χ1n) is 15.5. The zero-order valence-electron chi connectivity index (χ0n) is 25.0. The molecule has 0 bridgehead atoms. The fraction of sp³-hybridized carbons (Fsp3) is 0.122. The van der Waals surface area contributed by atoms with Gasteiger partial charge in [0, 0.05) is 41.5 Å². The van der Waals surface area contributed by atoms with Crippen LogP contribution < -0.4 is 9.13 Å². The molecular weight excluding hydrogens is 536 g/mol. The number of pyridine rings is 2. The van der Waals surface area contributed by atoms with Crippen molar-refractivity contribution in [1.29, 1.82) is 0 Å². The molecule has 0 aliphatic carbocycles. The van der Waals surface area contributed by atoms with Crippen molar-refractivity contribution in [3.8, 4) is 33.6 Å². The predicted octanol–water partition coefficient (Wildman–Crippen LogP) is 8.99. The van der Waals surface area contributed by atoms with Crippen molar-refractivity contribution in [1.82, 2.24) is 0 Å². The van der Waals surface area contributed by atoms with E-state index in [4.69, 9.17) is 11.0 Å². The Morgan fingerprint density at radius 2 is 1.52 bits per heavy atom. The average molecular weight is 571 g/mol. The van der Waals surface area contributed by atoms with Crippen LogP contribution in [0, 0.1) is 0 Å². The largest absolute Gasteiger partial charge is 0.455 e. The Labute approximate surface area is 258 Å². The number of hydrogen-bond donors (Lipinski definition) is 0. The number of furan rings is 1. The van der Waals surface area contributed by atoms with Gasteiger partial charge in [-0.2, -0.15) is 9.13 Å². The lowest BCUT2D eigenvalue weighted by Crippen LogP contribution is -2.39. The molecule has 3 heteroatoms. The summed E-state index contributed by atoms with van der Waals surface area (Å²) in [7, 11) is 0. The van der Waals surface area contributed by atoms with Crippen molar-refractivity contribution in [2.45, 2.75) is 32.7 Å². The smallest absolute Gasteiger partial charge is 0.222 e. The quantitative estimate of drug-likeness (QED) is 0.190. The molecule has 4 aromatic carbocycles. The number of rotatable bonds is 2. The van der Waals surface area contributed by atoms with E-state index < -0.39 is 0 Å². The van der Waals surface area contributed by atoms with Crippen molar-refractivity contribution in [2.24, 2.45) is 0 Å². The minimum atomic E-state index is 0.716. The molecule has 0 amide bonds. The van der Waals surface area contributed by atoms with Crippen LogP contribution in [0.25, 0.3) is 61.3 Å². The highest BCUT2D eigenvalue weighted by molar-refractivity contribution is 6.09. The summed E-state index contributed by atoms with van der Waals surface area (Å²) in [6, 6.07) is 41.5. The molecule has 3 aromatic heterocycles. The fourth-order valence-corrected chi connectivity index (χ4v) is 6.79. The Kier molecular flexibility index (Phi) is 6.45. The molecule has 44 heavy (non-hydrogen) atoms. The van der Waals surface area contributed by atoms with Crippen molar-refractivity contribution in [2.75, 3.05) is 0 Å². The van der Waals surface area contributed by atoms with Crippen LogP contribution in [-0.4, -0.2) is 0 Å². The second-order valence-corrected chi connectivity index (χ2v) is 11.7. The highest BCUT2D eigenvalue weighted by Crippen LogP contribution is 2.38. The highest BCUT2D eigenvalue weighted by Gasteiger charge is 2.28. The molecule has 0 unspecified atom stereocenters. The van der Waals surface area contributed by atoms with Gasteiger partial charge in [0.15, 0.2) is 24.6 Å². The van der Waals surface area contributed by atoms with Gasteiger partial charge in [-0.25, -0.2) is 0 Å². The third-order valence-electron chi connectivity index (χ3n) is 9.11. The van der Waals surface area contributed by atoms with Crippen molar-refractivity contribution in [3.05, 3.63) is 151 Å². The summed E-state index contributed by atoms with van der Waals surface area (Å²) in [5, 5.41) is 2.30. The molecule has 212 valence electrons. The van der Waals surface area contributed by atoms with Crippen molar-refractivity contribution in [3.63, 3.8) is 0 Å². The maximum absolute atomic E-state index is 6.67. The molecule has 3 nitrogen and oxygen atoms in total. The summed E-state index contributed by atoms with van der Waals surface area (Å²) in [4.78, 5) is 0. The molecule has 0 radical (unpaired) electrons. The summed E-state index contributed by atoms with van der Waals surface area (Å²) in [5.74, 6) is 0. The Bertz CT molecular complexity index is 2210. The monoisotopic (exact) mass is 570 g/mol. The molecule has 1 aliphatic heterocycles. The lowest BCUT2D eigenvalue weighted by Gasteiger charge is -2.16. The number of para-hydroxylation sites is 1. The molecule has 0 fully saturated rings. The number of nitrogens with zero attached hydrogens (tertiary/aromatic N) is 2. The van der Waals surface area contributed by atoms with Crippen LogP contribution in [0.15, 0.2) is 139 Å². The Balaban J connectivity index is 1.39. The fourth-order valence-electron chi connectivity index (χ4n) is 6.79. The molecule has 0 atom stereocenters. The zero-order chi connectivity index (χ0) is 29.6. The molecule has 4 heterocycles. The lowest BCUT2D eigenvalue weighted by molar-refractivity contribution is -0.685.